The van der Waals surface area contributed by atoms with Crippen LogP contribution in [0, 0.1) is 0 Å². The van der Waals surface area contributed by atoms with Crippen LogP contribution in [0.1, 0.15) is 79.0 Å². The molecule has 2 aromatic carbocycles. The number of thiazole rings is 2. The standard InChI is InChI=1S/C31H27N3S3.C18H11N3O6.Ru/c1-2-3-4-5-10-22-17-18-23(35-22)16-15-21-19-26(30-33-24-11-6-8-13-28(24)36-30)32-27(20-21)31-34-25-12-7-9-14-29(25)37-31;22-16(23)9-1-3-19-12(5-9)14-7-11(18(26)27)8-15(21-14)13-6-10(17(24)25)2-4-20-13;/h6-9,11-20H,2-5,10H2,1H3;1-8H,(H,22,23)(H,24,25)(H,26,27);/b16-15+;;. The first-order valence-electron chi connectivity index (χ1n) is 20.3. The topological polar surface area (TPSA) is 189 Å². The van der Waals surface area contributed by atoms with Crippen molar-refractivity contribution in [3.63, 3.8) is 0 Å². The third-order valence-electron chi connectivity index (χ3n) is 9.88. The molecule has 0 bridgehead atoms. The maximum Gasteiger partial charge on any atom is 0.335 e. The summed E-state index contributed by atoms with van der Waals surface area (Å²) in [5, 5.41) is 29.4. The van der Waals surface area contributed by atoms with Crippen molar-refractivity contribution in [3.05, 3.63) is 154 Å². The Morgan fingerprint density at radius 2 is 1.03 bits per heavy atom. The van der Waals surface area contributed by atoms with Crippen molar-refractivity contribution in [2.45, 2.75) is 39.0 Å². The van der Waals surface area contributed by atoms with Crippen LogP contribution < -0.4 is 0 Å². The van der Waals surface area contributed by atoms with Gasteiger partial charge in [0.1, 0.15) is 21.4 Å². The van der Waals surface area contributed by atoms with E-state index in [-0.39, 0.29) is 58.9 Å². The number of hydrogen-bond acceptors (Lipinski definition) is 12. The first kappa shape index (κ1) is 46.3. The van der Waals surface area contributed by atoms with Crippen LogP contribution in [0.3, 0.4) is 0 Å². The minimum absolute atomic E-state index is 0. The molecule has 65 heavy (non-hydrogen) atoms. The van der Waals surface area contributed by atoms with E-state index in [2.05, 4.69) is 94.7 Å². The van der Waals surface area contributed by atoms with Crippen LogP contribution >= 0.6 is 34.0 Å². The van der Waals surface area contributed by atoms with E-state index in [9.17, 15) is 19.5 Å². The largest absolute Gasteiger partial charge is 0.478 e. The number of unbranched alkanes of at least 4 members (excludes halogenated alkanes) is 3. The molecule has 0 saturated carbocycles. The van der Waals surface area contributed by atoms with Crippen molar-refractivity contribution < 1.29 is 49.2 Å². The van der Waals surface area contributed by atoms with Crippen molar-refractivity contribution in [1.29, 1.82) is 0 Å². The Balaban J connectivity index is 0.000000201. The van der Waals surface area contributed by atoms with E-state index in [1.54, 1.807) is 22.7 Å². The van der Waals surface area contributed by atoms with Gasteiger partial charge in [-0.2, -0.15) is 0 Å². The van der Waals surface area contributed by atoms with E-state index in [4.69, 9.17) is 25.2 Å². The molecule has 16 heteroatoms. The quantitative estimate of drug-likeness (QED) is 0.0691. The second-order valence-electron chi connectivity index (χ2n) is 14.5. The molecule has 0 saturated heterocycles. The minimum atomic E-state index is -1.23. The molecule has 7 heterocycles. The van der Waals surface area contributed by atoms with Crippen LogP contribution in [0.2, 0.25) is 0 Å². The fourth-order valence-electron chi connectivity index (χ4n) is 6.68. The number of aromatic nitrogens is 6. The summed E-state index contributed by atoms with van der Waals surface area (Å²) in [6.45, 7) is 2.26. The van der Waals surface area contributed by atoms with Crippen LogP contribution in [-0.2, 0) is 25.9 Å². The summed E-state index contributed by atoms with van der Waals surface area (Å²) in [4.78, 5) is 63.7. The summed E-state index contributed by atoms with van der Waals surface area (Å²) in [6.07, 6.45) is 13.3. The zero-order valence-electron chi connectivity index (χ0n) is 34.6. The van der Waals surface area contributed by atoms with Crippen molar-refractivity contribution in [2.24, 2.45) is 0 Å². The first-order valence-corrected chi connectivity index (χ1v) is 22.7. The Kier molecular flexibility index (Phi) is 15.2. The van der Waals surface area contributed by atoms with E-state index < -0.39 is 17.9 Å². The average Bonchev–Trinajstić information content (AvgIpc) is 4.09. The fraction of sp³-hybridized carbons (Fsp3) is 0.122. The molecule has 7 aromatic heterocycles. The Labute approximate surface area is 397 Å². The van der Waals surface area contributed by atoms with E-state index in [0.29, 0.717) is 0 Å². The van der Waals surface area contributed by atoms with Gasteiger partial charge in [-0.3, -0.25) is 9.97 Å². The molecule has 0 aliphatic heterocycles. The molecule has 12 nitrogen and oxygen atoms in total. The van der Waals surface area contributed by atoms with Crippen molar-refractivity contribution >= 4 is 84.5 Å². The number of fused-ring (bicyclic) bond motifs is 2. The predicted octanol–water partition coefficient (Wildman–Crippen LogP) is 12.3. The van der Waals surface area contributed by atoms with Gasteiger partial charge in [0.05, 0.1) is 59.9 Å². The summed E-state index contributed by atoms with van der Waals surface area (Å²) >= 11 is 5.26. The molecule has 0 fully saturated rings. The first-order chi connectivity index (χ1) is 31.1. The summed E-state index contributed by atoms with van der Waals surface area (Å²) in [6, 6.07) is 33.0. The van der Waals surface area contributed by atoms with Gasteiger partial charge < -0.3 is 15.3 Å². The Morgan fingerprint density at radius 1 is 0.523 bits per heavy atom. The van der Waals surface area contributed by atoms with Gasteiger partial charge in [0, 0.05) is 41.6 Å². The molecule has 9 aromatic rings. The SMILES string of the molecule is CCCCCCc1ccc(/C=C/c2cc(-c3nc4ccccc4s3)nc(-c3nc4ccccc4s3)c2)s1.O=C(O)c1ccnc(-c2cc(C(=O)O)cc(-c3cc(C(=O)O)ccn3)n2)c1.[Ru]. The maximum absolute atomic E-state index is 11.5. The number of pyridine rings is 4. The van der Waals surface area contributed by atoms with Crippen molar-refractivity contribution in [2.75, 3.05) is 0 Å². The third-order valence-corrected chi connectivity index (χ3v) is 13.1. The summed E-state index contributed by atoms with van der Waals surface area (Å²) < 4.78 is 2.35. The molecule has 0 aliphatic carbocycles. The van der Waals surface area contributed by atoms with Gasteiger partial charge in [-0.15, -0.1) is 34.0 Å². The number of carboxylic acids is 3. The number of rotatable bonds is 14. The van der Waals surface area contributed by atoms with E-state index in [0.717, 1.165) is 38.0 Å². The van der Waals surface area contributed by atoms with Gasteiger partial charge in [0.2, 0.25) is 0 Å². The Bertz CT molecular complexity index is 2970. The number of benzene rings is 2. The maximum atomic E-state index is 11.5. The van der Waals surface area contributed by atoms with Gasteiger partial charge in [0.25, 0.3) is 0 Å². The number of thiophene rings is 1. The van der Waals surface area contributed by atoms with Crippen LogP contribution in [0.5, 0.6) is 0 Å². The summed E-state index contributed by atoms with van der Waals surface area (Å²) in [5.41, 5.74) is 5.28. The van der Waals surface area contributed by atoms with E-state index >= 15 is 0 Å². The number of nitrogens with zero attached hydrogens (tertiary/aromatic N) is 6. The zero-order chi connectivity index (χ0) is 44.6. The number of para-hydroxylation sites is 2. The number of hydrogen-bond donors (Lipinski definition) is 3. The molecule has 3 N–H and O–H groups in total. The summed E-state index contributed by atoms with van der Waals surface area (Å²) in [5.74, 6) is -3.56. The van der Waals surface area contributed by atoms with Crippen LogP contribution in [0.15, 0.2) is 122 Å². The predicted molar refractivity (Wildman–Crippen MR) is 254 cm³/mol. The fourth-order valence-corrected chi connectivity index (χ4v) is 9.49. The second-order valence-corrected chi connectivity index (χ2v) is 17.8. The normalized spacial score (nSPS) is 11.0. The third kappa shape index (κ3) is 11.5. The molecule has 0 atom stereocenters. The van der Waals surface area contributed by atoms with Crippen LogP contribution in [0.25, 0.3) is 76.8 Å². The number of carboxylic acid groups (broad SMARTS) is 3. The zero-order valence-corrected chi connectivity index (χ0v) is 38.8. The average molecular weight is 1000 g/mol. The second kappa shape index (κ2) is 21.3. The Morgan fingerprint density at radius 3 is 1.54 bits per heavy atom. The molecule has 0 aliphatic rings. The molecular weight excluding hydrogens is 966 g/mol. The smallest absolute Gasteiger partial charge is 0.335 e. The molecule has 0 unspecified atom stereocenters. The van der Waals surface area contributed by atoms with Gasteiger partial charge >= 0.3 is 17.9 Å². The van der Waals surface area contributed by atoms with Gasteiger partial charge in [0.15, 0.2) is 0 Å². The molecule has 326 valence electrons. The van der Waals surface area contributed by atoms with Crippen molar-refractivity contribution in [3.8, 4) is 44.2 Å². The van der Waals surface area contributed by atoms with Gasteiger partial charge in [-0.05, 0) is 109 Å². The van der Waals surface area contributed by atoms with E-state index in [1.807, 2.05) is 23.5 Å². The molecule has 9 rings (SSSR count). The molecule has 0 amide bonds. The van der Waals surface area contributed by atoms with Gasteiger partial charge in [-0.1, -0.05) is 56.5 Å². The summed E-state index contributed by atoms with van der Waals surface area (Å²) in [7, 11) is 0. The van der Waals surface area contributed by atoms with Gasteiger partial charge in [-0.25, -0.2) is 34.3 Å². The number of aromatic carboxylic acids is 3. The van der Waals surface area contributed by atoms with Crippen LogP contribution in [-0.4, -0.2) is 63.1 Å². The number of aryl methyl sites for hydroxylation is 1. The molecule has 0 radical (unpaired) electrons. The van der Waals surface area contributed by atoms with Crippen LogP contribution in [0.4, 0.5) is 0 Å². The minimum Gasteiger partial charge on any atom is -0.478 e. The monoisotopic (exact) mass is 1000 g/mol. The van der Waals surface area contributed by atoms with Crippen molar-refractivity contribution in [1.82, 2.24) is 29.9 Å². The molecular formula is C49H38N6O6RuS3. The van der Waals surface area contributed by atoms with E-state index in [1.165, 1.54) is 100 Å². The Hall–Kier alpha value is -6.71. The molecule has 0 spiro atoms. The number of carbonyl (C=O) groups is 3.